The van der Waals surface area contributed by atoms with Gasteiger partial charge in [0.1, 0.15) is 0 Å². The van der Waals surface area contributed by atoms with Crippen molar-refractivity contribution >= 4 is 0 Å². The van der Waals surface area contributed by atoms with E-state index in [2.05, 4.69) is 18.4 Å². The Morgan fingerprint density at radius 2 is 2.17 bits per heavy atom. The van der Waals surface area contributed by atoms with Gasteiger partial charge in [-0.05, 0) is 12.2 Å². The summed E-state index contributed by atoms with van der Waals surface area (Å²) in [5, 5.41) is 0. The molecule has 0 heteroatoms. The highest BCUT2D eigenvalue weighted by Gasteiger charge is 1.42. The Hall–Kier alpha value is -0.960. The minimum Gasteiger partial charge on any atom is -0.0906 e. The Kier molecular flexibility index (Phi) is 3.39. The van der Waals surface area contributed by atoms with Crippen LogP contribution in [0.4, 0.5) is 0 Å². The number of hydrogen-bond acceptors (Lipinski definition) is 0. The summed E-state index contributed by atoms with van der Waals surface area (Å²) in [6, 6.07) is 0. The smallest absolute Gasteiger partial charge is 0.0115 e. The Morgan fingerprint density at radius 3 is 2.33 bits per heavy atom. The van der Waals surface area contributed by atoms with E-state index in [1.165, 1.54) is 12.2 Å². The molecule has 0 bridgehead atoms. The maximum atomic E-state index is 4.87. The molecule has 0 aromatic carbocycles. The molecule has 0 aliphatic carbocycles. The molecule has 6 heavy (non-hydrogen) atoms. The second-order valence-electron chi connectivity index (χ2n) is 0.659. The highest BCUT2D eigenvalue weighted by molar-refractivity contribution is 5.19. The molecule has 0 aliphatic heterocycles. The van der Waals surface area contributed by atoms with Gasteiger partial charge in [-0.25, -0.2) is 0 Å². The van der Waals surface area contributed by atoms with Crippen molar-refractivity contribution in [2.75, 3.05) is 0 Å². The van der Waals surface area contributed by atoms with E-state index in [4.69, 9.17) is 6.58 Å². The highest BCUT2D eigenvalue weighted by Crippen LogP contribution is 1.55. The normalized spacial score (nSPS) is 4.67. The zero-order valence-corrected chi connectivity index (χ0v) is 3.44. The van der Waals surface area contributed by atoms with E-state index < -0.39 is 0 Å². The van der Waals surface area contributed by atoms with Crippen LogP contribution in [0.25, 0.3) is 0 Å². The monoisotopic (exact) mass is 77.0 g/mol. The number of hydrogen-bond donors (Lipinski definition) is 0. The molecule has 0 N–H and O–H groups in total. The van der Waals surface area contributed by atoms with Crippen LogP contribution in [0.15, 0.2) is 18.7 Å². The van der Waals surface area contributed by atoms with Gasteiger partial charge in [0.2, 0.25) is 0 Å². The molecule has 0 rings (SSSR count). The van der Waals surface area contributed by atoms with Crippen molar-refractivity contribution in [1.29, 1.82) is 0 Å². The van der Waals surface area contributed by atoms with Crippen molar-refractivity contribution in [2.45, 2.75) is 0 Å². The summed E-state index contributed by atoms with van der Waals surface area (Å²) in [6.45, 7) is 8.22. The third-order valence-electron chi connectivity index (χ3n) is 0.269. The zero-order valence-electron chi connectivity index (χ0n) is 3.44. The lowest BCUT2D eigenvalue weighted by molar-refractivity contribution is 2.19. The molecule has 0 aliphatic rings. The Labute approximate surface area is 38.2 Å². The first-order valence-corrected chi connectivity index (χ1v) is 1.57. The molecule has 0 unspecified atom stereocenters. The van der Waals surface area contributed by atoms with Gasteiger partial charge in [-0.3, -0.25) is 0 Å². The summed E-state index contributed by atoms with van der Waals surface area (Å²) >= 11 is 0. The van der Waals surface area contributed by atoms with Gasteiger partial charge in [-0.1, -0.05) is 25.0 Å². The predicted octanol–water partition coefficient (Wildman–Crippen LogP) is 1.16. The van der Waals surface area contributed by atoms with Gasteiger partial charge in [0.25, 0.3) is 0 Å². The third-order valence-corrected chi connectivity index (χ3v) is 0.269. The standard InChI is InChI=1S/C6H5/c1-3-5-6-4-2/h1,3-4H,2H2. The summed E-state index contributed by atoms with van der Waals surface area (Å²) in [6.07, 6.45) is 2.77. The molecule has 0 aromatic rings. The van der Waals surface area contributed by atoms with Gasteiger partial charge in [0.15, 0.2) is 0 Å². The SMILES string of the molecule is [CH]=CC#CC=C. The van der Waals surface area contributed by atoms with Crippen molar-refractivity contribution in [3.05, 3.63) is 25.3 Å². The van der Waals surface area contributed by atoms with Crippen LogP contribution in [-0.4, -0.2) is 0 Å². The van der Waals surface area contributed by atoms with Crippen LogP contribution in [0.3, 0.4) is 0 Å². The van der Waals surface area contributed by atoms with Gasteiger partial charge in [-0.15, -0.1) is 0 Å². The molecule has 0 saturated carbocycles. The van der Waals surface area contributed by atoms with E-state index >= 15 is 0 Å². The lowest BCUT2D eigenvalue weighted by Gasteiger charge is -1.51. The van der Waals surface area contributed by atoms with Crippen LogP contribution in [-0.2, 0) is 0 Å². The predicted molar refractivity (Wildman–Crippen MR) is 26.8 cm³/mol. The van der Waals surface area contributed by atoms with Crippen LogP contribution < -0.4 is 0 Å². The fourth-order valence-corrected chi connectivity index (χ4v) is 0.107. The molecule has 0 spiro atoms. The third kappa shape index (κ3) is 3.04. The molecule has 0 heterocycles. The summed E-state index contributed by atoms with van der Waals surface area (Å²) < 4.78 is 0. The van der Waals surface area contributed by atoms with E-state index in [1.807, 2.05) is 0 Å². The van der Waals surface area contributed by atoms with E-state index in [9.17, 15) is 0 Å². The minimum absolute atomic E-state index is 1.28. The van der Waals surface area contributed by atoms with Crippen molar-refractivity contribution in [3.63, 3.8) is 0 Å². The Balaban J connectivity index is 3.39. The first-order valence-electron chi connectivity index (χ1n) is 1.57. The molecule has 1 radical (unpaired) electrons. The van der Waals surface area contributed by atoms with E-state index in [-0.39, 0.29) is 0 Å². The van der Waals surface area contributed by atoms with Gasteiger partial charge in [0.05, 0.1) is 0 Å². The van der Waals surface area contributed by atoms with E-state index in [1.54, 1.807) is 0 Å². The molecule has 0 saturated heterocycles. The quantitative estimate of drug-likeness (QED) is 0.381. The average molecular weight is 77.1 g/mol. The van der Waals surface area contributed by atoms with Crippen LogP contribution in [0.1, 0.15) is 0 Å². The Morgan fingerprint density at radius 1 is 1.50 bits per heavy atom. The van der Waals surface area contributed by atoms with E-state index in [0.717, 1.165) is 0 Å². The first-order chi connectivity index (χ1) is 2.91. The van der Waals surface area contributed by atoms with Crippen molar-refractivity contribution in [3.8, 4) is 11.8 Å². The lowest BCUT2D eigenvalue weighted by Crippen LogP contribution is -1.39. The molecule has 0 nitrogen and oxygen atoms in total. The summed E-state index contributed by atoms with van der Waals surface area (Å²) in [4.78, 5) is 0. The highest BCUT2D eigenvalue weighted by atomic mass is 13.5. The maximum Gasteiger partial charge on any atom is -0.0115 e. The van der Waals surface area contributed by atoms with Crippen LogP contribution in [0.5, 0.6) is 0 Å². The van der Waals surface area contributed by atoms with Crippen LogP contribution >= 0.6 is 0 Å². The second kappa shape index (κ2) is 4.04. The molecular formula is C6H5. The van der Waals surface area contributed by atoms with Crippen LogP contribution in [0, 0.1) is 18.4 Å². The maximum absolute atomic E-state index is 4.87. The van der Waals surface area contributed by atoms with Gasteiger partial charge < -0.3 is 0 Å². The number of allylic oxidation sites excluding steroid dienone is 2. The summed E-state index contributed by atoms with van der Waals surface area (Å²) in [7, 11) is 0. The van der Waals surface area contributed by atoms with Crippen LogP contribution in [0.2, 0.25) is 0 Å². The Bertz CT molecular complexity index is 86.9. The van der Waals surface area contributed by atoms with Gasteiger partial charge in [0, 0.05) is 0 Å². The lowest BCUT2D eigenvalue weighted by atomic mass is 10.5. The second-order valence-corrected chi connectivity index (χ2v) is 0.659. The van der Waals surface area contributed by atoms with Gasteiger partial charge in [-0.2, -0.15) is 0 Å². The summed E-state index contributed by atoms with van der Waals surface area (Å²) in [5.74, 6) is 5.01. The topological polar surface area (TPSA) is 0 Å². The first kappa shape index (κ1) is 5.04. The largest absolute Gasteiger partial charge is 0.0906 e. The zero-order chi connectivity index (χ0) is 4.83. The molecule has 29 valence electrons. The molecule has 0 fully saturated rings. The molecular weight excluding hydrogens is 72.1 g/mol. The molecule has 0 atom stereocenters. The van der Waals surface area contributed by atoms with Crippen molar-refractivity contribution < 1.29 is 0 Å². The fourth-order valence-electron chi connectivity index (χ4n) is 0.107. The van der Waals surface area contributed by atoms with Gasteiger partial charge >= 0.3 is 0 Å². The molecule has 0 aromatic heterocycles. The minimum atomic E-state index is 1.28. The van der Waals surface area contributed by atoms with Crippen molar-refractivity contribution in [1.82, 2.24) is 0 Å². The number of rotatable bonds is 0. The van der Waals surface area contributed by atoms with E-state index in [0.29, 0.717) is 0 Å². The average Bonchev–Trinajstić information content (AvgIpc) is 1.61. The fraction of sp³-hybridized carbons (Fsp3) is 0. The molecule has 0 amide bonds. The van der Waals surface area contributed by atoms with Crippen molar-refractivity contribution in [2.24, 2.45) is 0 Å². The summed E-state index contributed by atoms with van der Waals surface area (Å²) in [5.41, 5.74) is 0.